The van der Waals surface area contributed by atoms with Crippen molar-refractivity contribution in [1.29, 1.82) is 0 Å². The van der Waals surface area contributed by atoms with Gasteiger partial charge in [0, 0.05) is 30.4 Å². The van der Waals surface area contributed by atoms with Crippen LogP contribution in [0.1, 0.15) is 49.0 Å². The number of amides is 2. The number of halogens is 1. The van der Waals surface area contributed by atoms with Crippen molar-refractivity contribution in [3.8, 4) is 0 Å². The fourth-order valence-corrected chi connectivity index (χ4v) is 4.35. The van der Waals surface area contributed by atoms with E-state index in [1.165, 1.54) is 12.1 Å². The molecule has 0 unspecified atom stereocenters. The molecule has 1 fully saturated rings. The normalized spacial score (nSPS) is 15.8. The van der Waals surface area contributed by atoms with E-state index in [2.05, 4.69) is 16.0 Å². The summed E-state index contributed by atoms with van der Waals surface area (Å²) in [5, 5.41) is 9.75. The van der Waals surface area contributed by atoms with Crippen molar-refractivity contribution in [2.75, 3.05) is 18.4 Å². The summed E-state index contributed by atoms with van der Waals surface area (Å²) in [6.45, 7) is 7.17. The Morgan fingerprint density at radius 1 is 1.09 bits per heavy atom. The van der Waals surface area contributed by atoms with Gasteiger partial charge in [0.1, 0.15) is 11.9 Å². The number of aryl methyl sites for hydroxylation is 1. The van der Waals surface area contributed by atoms with E-state index in [-0.39, 0.29) is 29.6 Å². The number of carbonyl (C=O) groups excluding carboxylic acids is 2. The maximum atomic E-state index is 13.2. The number of thiocarbonyl (C=S) groups is 1. The Hall–Kier alpha value is -3.00. The molecule has 6 nitrogen and oxygen atoms in total. The highest BCUT2D eigenvalue weighted by Gasteiger charge is 2.34. The Balaban J connectivity index is 1.66. The SMILES string of the molecule is CC[C@@H](C)NC(=O)[C@@H](NC(=O)c1ccccc1C)C1CCN(C(=S)Nc2ccc(F)cc2)CC1. The zero-order valence-electron chi connectivity index (χ0n) is 19.9. The standard InChI is InChI=1S/C26H33FN4O2S/c1-4-18(3)28-25(33)23(30-24(32)22-8-6-5-7-17(22)2)19-13-15-31(16-14-19)26(34)29-21-11-9-20(27)10-12-21/h5-12,18-19,23H,4,13-16H2,1-3H3,(H,28,33)(H,29,34)(H,30,32)/t18-,23+/m1/s1. The van der Waals surface area contributed by atoms with Crippen LogP contribution in [0.2, 0.25) is 0 Å². The number of nitrogens with zero attached hydrogens (tertiary/aromatic N) is 1. The number of hydrogen-bond donors (Lipinski definition) is 3. The summed E-state index contributed by atoms with van der Waals surface area (Å²) in [6, 6.07) is 12.8. The van der Waals surface area contributed by atoms with Crippen molar-refractivity contribution in [2.45, 2.75) is 52.1 Å². The van der Waals surface area contributed by atoms with Crippen LogP contribution in [-0.4, -0.2) is 47.0 Å². The molecule has 1 aliphatic heterocycles. The van der Waals surface area contributed by atoms with Crippen LogP contribution in [0.5, 0.6) is 0 Å². The number of hydrogen-bond acceptors (Lipinski definition) is 3. The van der Waals surface area contributed by atoms with Crippen LogP contribution in [0.25, 0.3) is 0 Å². The lowest BCUT2D eigenvalue weighted by Gasteiger charge is -2.37. The smallest absolute Gasteiger partial charge is 0.252 e. The van der Waals surface area contributed by atoms with E-state index in [1.807, 2.05) is 43.9 Å². The number of nitrogens with one attached hydrogen (secondary N) is 3. The minimum atomic E-state index is -0.623. The predicted octanol–water partition coefficient (Wildman–Crippen LogP) is 4.26. The summed E-state index contributed by atoms with van der Waals surface area (Å²) >= 11 is 5.54. The Bertz CT molecular complexity index is 1010. The van der Waals surface area contributed by atoms with Gasteiger partial charge in [-0.2, -0.15) is 0 Å². The van der Waals surface area contributed by atoms with Crippen LogP contribution in [0, 0.1) is 18.7 Å². The maximum Gasteiger partial charge on any atom is 0.252 e. The molecule has 2 atom stereocenters. The van der Waals surface area contributed by atoms with Gasteiger partial charge in [0.05, 0.1) is 0 Å². The molecular weight excluding hydrogens is 451 g/mol. The third-order valence-corrected chi connectivity index (χ3v) is 6.71. The molecule has 0 aromatic heterocycles. The zero-order chi connectivity index (χ0) is 24.7. The lowest BCUT2D eigenvalue weighted by atomic mass is 9.88. The molecule has 0 spiro atoms. The predicted molar refractivity (Wildman–Crippen MR) is 137 cm³/mol. The van der Waals surface area contributed by atoms with E-state index in [0.29, 0.717) is 36.6 Å². The van der Waals surface area contributed by atoms with E-state index in [1.54, 1.807) is 18.2 Å². The largest absolute Gasteiger partial charge is 0.352 e. The third-order valence-electron chi connectivity index (χ3n) is 6.35. The molecular formula is C26H33FN4O2S. The van der Waals surface area contributed by atoms with E-state index in [9.17, 15) is 14.0 Å². The fourth-order valence-electron chi connectivity index (χ4n) is 4.05. The average Bonchev–Trinajstić information content (AvgIpc) is 2.84. The van der Waals surface area contributed by atoms with Crippen LogP contribution in [0.4, 0.5) is 10.1 Å². The highest BCUT2D eigenvalue weighted by Crippen LogP contribution is 2.23. The van der Waals surface area contributed by atoms with Gasteiger partial charge in [-0.1, -0.05) is 25.1 Å². The van der Waals surface area contributed by atoms with Crippen LogP contribution in [0.3, 0.4) is 0 Å². The number of benzene rings is 2. The highest BCUT2D eigenvalue weighted by molar-refractivity contribution is 7.80. The van der Waals surface area contributed by atoms with Gasteiger partial charge in [-0.15, -0.1) is 0 Å². The molecule has 0 bridgehead atoms. The number of rotatable bonds is 7. The van der Waals surface area contributed by atoms with Crippen molar-refractivity contribution in [1.82, 2.24) is 15.5 Å². The molecule has 1 aliphatic rings. The third kappa shape index (κ3) is 6.76. The summed E-state index contributed by atoms with van der Waals surface area (Å²) in [5.74, 6) is -0.700. The molecule has 3 rings (SSSR count). The minimum Gasteiger partial charge on any atom is -0.352 e. The van der Waals surface area contributed by atoms with Gasteiger partial charge in [0.2, 0.25) is 5.91 Å². The summed E-state index contributed by atoms with van der Waals surface area (Å²) in [5.41, 5.74) is 2.17. The first-order valence-corrected chi connectivity index (χ1v) is 12.2. The molecule has 182 valence electrons. The first kappa shape index (κ1) is 25.6. The molecule has 8 heteroatoms. The van der Waals surface area contributed by atoms with E-state index >= 15 is 0 Å². The van der Waals surface area contributed by atoms with Crippen molar-refractivity contribution in [2.24, 2.45) is 5.92 Å². The number of likely N-dealkylation sites (tertiary alicyclic amines) is 1. The molecule has 0 saturated carbocycles. The molecule has 0 radical (unpaired) electrons. The summed E-state index contributed by atoms with van der Waals surface area (Å²) in [7, 11) is 0. The summed E-state index contributed by atoms with van der Waals surface area (Å²) in [6.07, 6.45) is 2.22. The van der Waals surface area contributed by atoms with Gasteiger partial charge in [-0.3, -0.25) is 9.59 Å². The van der Waals surface area contributed by atoms with Gasteiger partial charge in [-0.05, 0) is 87.1 Å². The average molecular weight is 485 g/mol. The zero-order valence-corrected chi connectivity index (χ0v) is 20.8. The van der Waals surface area contributed by atoms with Gasteiger partial charge in [0.25, 0.3) is 5.91 Å². The van der Waals surface area contributed by atoms with Crippen LogP contribution < -0.4 is 16.0 Å². The van der Waals surface area contributed by atoms with Crippen LogP contribution >= 0.6 is 12.2 Å². The van der Waals surface area contributed by atoms with Gasteiger partial charge >= 0.3 is 0 Å². The second-order valence-electron chi connectivity index (χ2n) is 8.85. The lowest BCUT2D eigenvalue weighted by Crippen LogP contribution is -2.55. The molecule has 2 aromatic rings. The highest BCUT2D eigenvalue weighted by atomic mass is 32.1. The number of carbonyl (C=O) groups is 2. The second kappa shape index (κ2) is 11.9. The second-order valence-corrected chi connectivity index (χ2v) is 9.23. The lowest BCUT2D eigenvalue weighted by molar-refractivity contribution is -0.125. The van der Waals surface area contributed by atoms with Crippen molar-refractivity contribution >= 4 is 34.8 Å². The van der Waals surface area contributed by atoms with Crippen molar-refractivity contribution < 1.29 is 14.0 Å². The quantitative estimate of drug-likeness (QED) is 0.513. The van der Waals surface area contributed by atoms with Gasteiger partial charge in [0.15, 0.2) is 5.11 Å². The first-order valence-electron chi connectivity index (χ1n) is 11.8. The Labute approximate surface area is 206 Å². The molecule has 34 heavy (non-hydrogen) atoms. The molecule has 1 saturated heterocycles. The van der Waals surface area contributed by atoms with Gasteiger partial charge < -0.3 is 20.9 Å². The Morgan fingerprint density at radius 2 is 1.74 bits per heavy atom. The first-order chi connectivity index (χ1) is 16.3. The molecule has 3 N–H and O–H groups in total. The maximum absolute atomic E-state index is 13.2. The molecule has 1 heterocycles. The van der Waals surface area contributed by atoms with Crippen molar-refractivity contribution in [3.05, 3.63) is 65.5 Å². The molecule has 0 aliphatic carbocycles. The summed E-state index contributed by atoms with van der Waals surface area (Å²) < 4.78 is 13.2. The van der Waals surface area contributed by atoms with E-state index < -0.39 is 6.04 Å². The minimum absolute atomic E-state index is 0.0121. The number of anilines is 1. The van der Waals surface area contributed by atoms with Crippen LogP contribution in [0.15, 0.2) is 48.5 Å². The van der Waals surface area contributed by atoms with Crippen LogP contribution in [-0.2, 0) is 4.79 Å². The van der Waals surface area contributed by atoms with Crippen molar-refractivity contribution in [3.63, 3.8) is 0 Å². The Kier molecular flexibility index (Phi) is 8.98. The van der Waals surface area contributed by atoms with E-state index in [0.717, 1.165) is 17.7 Å². The van der Waals surface area contributed by atoms with E-state index in [4.69, 9.17) is 12.2 Å². The fraction of sp³-hybridized carbons (Fsp3) is 0.423. The van der Waals surface area contributed by atoms with Gasteiger partial charge in [-0.25, -0.2) is 4.39 Å². The molecule has 2 aromatic carbocycles. The summed E-state index contributed by atoms with van der Waals surface area (Å²) in [4.78, 5) is 28.2. The Morgan fingerprint density at radius 3 is 2.35 bits per heavy atom. The molecule has 2 amide bonds. The number of piperidine rings is 1. The monoisotopic (exact) mass is 484 g/mol. The topological polar surface area (TPSA) is 73.5 Å².